The van der Waals surface area contributed by atoms with Gasteiger partial charge in [-0.1, -0.05) is 6.07 Å². The Morgan fingerprint density at radius 3 is 2.25 bits per heavy atom. The van der Waals surface area contributed by atoms with Gasteiger partial charge < -0.3 is 10.7 Å². The van der Waals surface area contributed by atoms with Crippen LogP contribution in [0.15, 0.2) is 12.3 Å². The minimum absolute atomic E-state index is 0.359. The molecule has 3 rings (SSSR count). The Balaban J connectivity index is 2.01. The standard InChI is InChI=1S/C17H23N3/c1-9-5-10(2)12(4)16(11(9)3)15-8-19-17(20-15)13-6-14(18)7-13/h5,8,13-14H,6-7,18H2,1-4H3,(H,19,20). The number of imidazole rings is 1. The summed E-state index contributed by atoms with van der Waals surface area (Å²) in [5, 5.41) is 0. The number of aromatic nitrogens is 2. The van der Waals surface area contributed by atoms with E-state index >= 15 is 0 Å². The highest BCUT2D eigenvalue weighted by molar-refractivity contribution is 5.70. The van der Waals surface area contributed by atoms with Crippen LogP contribution in [0.3, 0.4) is 0 Å². The Morgan fingerprint density at radius 2 is 1.70 bits per heavy atom. The lowest BCUT2D eigenvalue weighted by Gasteiger charge is -2.30. The van der Waals surface area contributed by atoms with Gasteiger partial charge in [0.15, 0.2) is 0 Å². The number of nitrogens with two attached hydrogens (primary N) is 1. The van der Waals surface area contributed by atoms with Gasteiger partial charge in [0.05, 0.1) is 11.9 Å². The lowest BCUT2D eigenvalue weighted by molar-refractivity contribution is 0.340. The third kappa shape index (κ3) is 2.06. The molecule has 0 atom stereocenters. The van der Waals surface area contributed by atoms with Gasteiger partial charge in [-0.15, -0.1) is 0 Å². The second-order valence-electron chi connectivity index (χ2n) is 6.25. The Bertz CT molecular complexity index is 622. The Hall–Kier alpha value is -1.61. The summed E-state index contributed by atoms with van der Waals surface area (Å²) in [6.07, 6.45) is 4.09. The summed E-state index contributed by atoms with van der Waals surface area (Å²) < 4.78 is 0. The first-order valence-electron chi connectivity index (χ1n) is 7.35. The van der Waals surface area contributed by atoms with Gasteiger partial charge in [-0.3, -0.25) is 0 Å². The number of benzene rings is 1. The Morgan fingerprint density at radius 1 is 1.10 bits per heavy atom. The minimum Gasteiger partial charge on any atom is -0.342 e. The van der Waals surface area contributed by atoms with Crippen LogP contribution in [-0.4, -0.2) is 16.0 Å². The van der Waals surface area contributed by atoms with Crippen molar-refractivity contribution in [1.82, 2.24) is 9.97 Å². The fourth-order valence-corrected chi connectivity index (χ4v) is 3.18. The molecule has 106 valence electrons. The molecule has 1 heterocycles. The van der Waals surface area contributed by atoms with Gasteiger partial charge in [-0.2, -0.15) is 0 Å². The van der Waals surface area contributed by atoms with Gasteiger partial charge in [0.1, 0.15) is 5.82 Å². The molecule has 1 saturated carbocycles. The third-order valence-electron chi connectivity index (χ3n) is 4.79. The fourth-order valence-electron chi connectivity index (χ4n) is 3.18. The van der Waals surface area contributed by atoms with Crippen molar-refractivity contribution in [1.29, 1.82) is 0 Å². The van der Waals surface area contributed by atoms with Crippen LogP contribution in [0.5, 0.6) is 0 Å². The highest BCUT2D eigenvalue weighted by atomic mass is 14.9. The molecule has 1 aliphatic rings. The molecule has 1 fully saturated rings. The van der Waals surface area contributed by atoms with E-state index in [0.29, 0.717) is 12.0 Å². The molecule has 20 heavy (non-hydrogen) atoms. The molecule has 3 heteroatoms. The van der Waals surface area contributed by atoms with Crippen molar-refractivity contribution >= 4 is 0 Å². The van der Waals surface area contributed by atoms with E-state index in [2.05, 4.69) is 43.7 Å². The molecule has 0 spiro atoms. The number of nitrogens with zero attached hydrogens (tertiary/aromatic N) is 1. The van der Waals surface area contributed by atoms with Crippen molar-refractivity contribution in [2.24, 2.45) is 5.73 Å². The molecular weight excluding hydrogens is 246 g/mol. The van der Waals surface area contributed by atoms with Gasteiger partial charge in [-0.25, -0.2) is 4.98 Å². The second-order valence-corrected chi connectivity index (χ2v) is 6.25. The van der Waals surface area contributed by atoms with Crippen LogP contribution >= 0.6 is 0 Å². The van der Waals surface area contributed by atoms with Crippen molar-refractivity contribution in [3.8, 4) is 11.3 Å². The Labute approximate surface area is 120 Å². The van der Waals surface area contributed by atoms with Crippen molar-refractivity contribution in [2.45, 2.75) is 52.5 Å². The average molecular weight is 269 g/mol. The average Bonchev–Trinajstić information content (AvgIpc) is 2.82. The quantitative estimate of drug-likeness (QED) is 0.876. The monoisotopic (exact) mass is 269 g/mol. The van der Waals surface area contributed by atoms with Crippen molar-refractivity contribution in [3.63, 3.8) is 0 Å². The number of H-pyrrole nitrogens is 1. The molecule has 1 aromatic heterocycles. The van der Waals surface area contributed by atoms with E-state index in [1.807, 2.05) is 6.20 Å². The lowest BCUT2D eigenvalue weighted by Crippen LogP contribution is -2.35. The molecule has 3 N–H and O–H groups in total. The molecule has 0 saturated heterocycles. The zero-order valence-corrected chi connectivity index (χ0v) is 12.7. The van der Waals surface area contributed by atoms with Gasteiger partial charge >= 0.3 is 0 Å². The predicted molar refractivity (Wildman–Crippen MR) is 82.9 cm³/mol. The normalized spacial score (nSPS) is 21.9. The van der Waals surface area contributed by atoms with E-state index in [4.69, 9.17) is 5.73 Å². The van der Waals surface area contributed by atoms with Crippen LogP contribution in [-0.2, 0) is 0 Å². The largest absolute Gasteiger partial charge is 0.342 e. The number of nitrogens with one attached hydrogen (secondary N) is 1. The summed E-state index contributed by atoms with van der Waals surface area (Å²) in [6.45, 7) is 8.73. The third-order valence-corrected chi connectivity index (χ3v) is 4.79. The first kappa shape index (κ1) is 13.4. The summed E-state index contributed by atoms with van der Waals surface area (Å²) in [6, 6.07) is 2.62. The molecule has 1 aromatic carbocycles. The molecule has 1 aliphatic carbocycles. The van der Waals surface area contributed by atoms with Crippen LogP contribution in [0.4, 0.5) is 0 Å². The minimum atomic E-state index is 0.359. The van der Waals surface area contributed by atoms with Crippen molar-refractivity contribution in [3.05, 3.63) is 40.3 Å². The predicted octanol–water partition coefficient (Wildman–Crippen LogP) is 3.52. The maximum absolute atomic E-state index is 5.87. The Kier molecular flexibility index (Phi) is 3.17. The van der Waals surface area contributed by atoms with E-state index in [1.165, 1.54) is 27.8 Å². The number of rotatable bonds is 2. The highest BCUT2D eigenvalue weighted by Gasteiger charge is 2.29. The molecule has 0 radical (unpaired) electrons. The summed E-state index contributed by atoms with van der Waals surface area (Å²) in [7, 11) is 0. The van der Waals surface area contributed by atoms with Crippen LogP contribution in [0.1, 0.15) is 46.8 Å². The number of aromatic amines is 1. The zero-order valence-electron chi connectivity index (χ0n) is 12.7. The molecule has 0 amide bonds. The lowest BCUT2D eigenvalue weighted by atomic mass is 9.80. The number of aryl methyl sites for hydroxylation is 2. The highest BCUT2D eigenvalue weighted by Crippen LogP contribution is 2.36. The summed E-state index contributed by atoms with van der Waals surface area (Å²) in [4.78, 5) is 8.10. The molecule has 3 nitrogen and oxygen atoms in total. The van der Waals surface area contributed by atoms with Crippen molar-refractivity contribution < 1.29 is 0 Å². The van der Waals surface area contributed by atoms with E-state index in [0.717, 1.165) is 24.4 Å². The van der Waals surface area contributed by atoms with E-state index in [1.54, 1.807) is 0 Å². The van der Waals surface area contributed by atoms with E-state index in [9.17, 15) is 0 Å². The summed E-state index contributed by atoms with van der Waals surface area (Å²) in [5.74, 6) is 1.62. The summed E-state index contributed by atoms with van der Waals surface area (Å²) >= 11 is 0. The van der Waals surface area contributed by atoms with Crippen LogP contribution in [0.2, 0.25) is 0 Å². The van der Waals surface area contributed by atoms with Gasteiger partial charge in [-0.05, 0) is 62.8 Å². The van der Waals surface area contributed by atoms with E-state index in [-0.39, 0.29) is 0 Å². The number of hydrogen-bond donors (Lipinski definition) is 2. The van der Waals surface area contributed by atoms with Crippen LogP contribution in [0.25, 0.3) is 11.3 Å². The molecular formula is C17H23N3. The van der Waals surface area contributed by atoms with Gasteiger partial charge in [0, 0.05) is 17.5 Å². The van der Waals surface area contributed by atoms with Gasteiger partial charge in [0.2, 0.25) is 0 Å². The first-order valence-corrected chi connectivity index (χ1v) is 7.35. The first-order chi connectivity index (χ1) is 9.47. The fraction of sp³-hybridized carbons (Fsp3) is 0.471. The maximum atomic E-state index is 5.87. The topological polar surface area (TPSA) is 54.7 Å². The summed E-state index contributed by atoms with van der Waals surface area (Å²) in [5.41, 5.74) is 13.7. The second kappa shape index (κ2) is 4.74. The molecule has 0 bridgehead atoms. The maximum Gasteiger partial charge on any atom is 0.109 e. The zero-order chi connectivity index (χ0) is 14.4. The molecule has 2 aromatic rings. The van der Waals surface area contributed by atoms with Crippen LogP contribution < -0.4 is 5.73 Å². The smallest absolute Gasteiger partial charge is 0.109 e. The van der Waals surface area contributed by atoms with E-state index < -0.39 is 0 Å². The SMILES string of the molecule is Cc1cc(C)c(C)c(-c2cnc(C3CC(N)C3)[nH]2)c1C. The van der Waals surface area contributed by atoms with Gasteiger partial charge in [0.25, 0.3) is 0 Å². The molecule has 0 aliphatic heterocycles. The molecule has 0 unspecified atom stereocenters. The van der Waals surface area contributed by atoms with Crippen molar-refractivity contribution in [2.75, 3.05) is 0 Å². The number of hydrogen-bond acceptors (Lipinski definition) is 2. The van der Waals surface area contributed by atoms with Crippen LogP contribution in [0, 0.1) is 27.7 Å².